The SMILES string of the molecule is CCOC(=O)C1=C(C)NC2=C(C(=O)C[C@@H](c3ccc(Cl)cc3)C2)[C@H]1c1ccc(OC)cc1OC. The molecule has 0 amide bonds. The van der Waals surface area contributed by atoms with Crippen LogP contribution in [0.2, 0.25) is 5.02 Å². The van der Waals surface area contributed by atoms with E-state index in [0.717, 1.165) is 16.8 Å². The smallest absolute Gasteiger partial charge is 0.336 e. The summed E-state index contributed by atoms with van der Waals surface area (Å²) in [6, 6.07) is 13.0. The first-order valence-electron chi connectivity index (χ1n) is 11.3. The molecule has 2 aromatic rings. The van der Waals surface area contributed by atoms with Gasteiger partial charge < -0.3 is 19.5 Å². The van der Waals surface area contributed by atoms with Gasteiger partial charge >= 0.3 is 5.97 Å². The quantitative estimate of drug-likeness (QED) is 0.566. The van der Waals surface area contributed by atoms with Crippen molar-refractivity contribution < 1.29 is 23.8 Å². The van der Waals surface area contributed by atoms with Gasteiger partial charge in [0.1, 0.15) is 11.5 Å². The Morgan fingerprint density at radius 1 is 1.09 bits per heavy atom. The molecule has 4 rings (SSSR count). The number of Topliss-reactive ketones (excluding diaryl/α,β-unsaturated/α-hetero) is 1. The third kappa shape index (κ3) is 4.42. The molecule has 7 heteroatoms. The van der Waals surface area contributed by atoms with Crippen LogP contribution in [0.1, 0.15) is 49.7 Å². The zero-order valence-corrected chi connectivity index (χ0v) is 20.5. The number of allylic oxidation sites excluding steroid dienone is 3. The number of dihydropyridines is 1. The lowest BCUT2D eigenvalue weighted by molar-refractivity contribution is -0.138. The van der Waals surface area contributed by atoms with Gasteiger partial charge in [-0.2, -0.15) is 0 Å². The minimum atomic E-state index is -0.602. The number of carbonyl (C=O) groups excluding carboxylic acids is 2. The highest BCUT2D eigenvalue weighted by atomic mass is 35.5. The molecule has 0 saturated heterocycles. The van der Waals surface area contributed by atoms with E-state index in [-0.39, 0.29) is 18.3 Å². The Balaban J connectivity index is 1.84. The van der Waals surface area contributed by atoms with Crippen LogP contribution in [0, 0.1) is 0 Å². The average Bonchev–Trinajstić information content (AvgIpc) is 2.83. The number of ketones is 1. The number of rotatable bonds is 6. The maximum atomic E-state index is 13.7. The molecule has 0 radical (unpaired) electrons. The van der Waals surface area contributed by atoms with Crippen molar-refractivity contribution in [1.29, 1.82) is 0 Å². The fourth-order valence-corrected chi connectivity index (χ4v) is 4.98. The number of esters is 1. The van der Waals surface area contributed by atoms with Crippen LogP contribution < -0.4 is 14.8 Å². The molecule has 6 nitrogen and oxygen atoms in total. The minimum Gasteiger partial charge on any atom is -0.497 e. The average molecular weight is 482 g/mol. The zero-order chi connectivity index (χ0) is 24.4. The lowest BCUT2D eigenvalue weighted by Crippen LogP contribution is -2.36. The van der Waals surface area contributed by atoms with E-state index in [1.165, 1.54) is 0 Å². The summed E-state index contributed by atoms with van der Waals surface area (Å²) in [5.41, 5.74) is 4.28. The van der Waals surface area contributed by atoms with Gasteiger partial charge in [-0.3, -0.25) is 4.79 Å². The third-order valence-electron chi connectivity index (χ3n) is 6.42. The number of methoxy groups -OCH3 is 2. The Hall–Kier alpha value is -3.25. The molecule has 0 unspecified atom stereocenters. The van der Waals surface area contributed by atoms with Crippen LogP contribution >= 0.6 is 11.6 Å². The van der Waals surface area contributed by atoms with Gasteiger partial charge in [0.25, 0.3) is 0 Å². The van der Waals surface area contributed by atoms with Crippen LogP contribution in [-0.4, -0.2) is 32.6 Å². The molecule has 34 heavy (non-hydrogen) atoms. The van der Waals surface area contributed by atoms with Crippen molar-refractivity contribution in [3.8, 4) is 11.5 Å². The van der Waals surface area contributed by atoms with E-state index in [4.69, 9.17) is 25.8 Å². The van der Waals surface area contributed by atoms with Crippen LogP contribution in [0.25, 0.3) is 0 Å². The van der Waals surface area contributed by atoms with Gasteiger partial charge in [0.2, 0.25) is 0 Å². The number of halogens is 1. The molecule has 1 heterocycles. The molecule has 1 N–H and O–H groups in total. The second-order valence-electron chi connectivity index (χ2n) is 8.40. The predicted molar refractivity (Wildman–Crippen MR) is 130 cm³/mol. The lowest BCUT2D eigenvalue weighted by atomic mass is 9.71. The van der Waals surface area contributed by atoms with Crippen molar-refractivity contribution in [3.05, 3.63) is 81.2 Å². The van der Waals surface area contributed by atoms with Crippen LogP contribution in [-0.2, 0) is 14.3 Å². The van der Waals surface area contributed by atoms with E-state index < -0.39 is 11.9 Å². The topological polar surface area (TPSA) is 73.9 Å². The monoisotopic (exact) mass is 481 g/mol. The normalized spacial score (nSPS) is 20.0. The van der Waals surface area contributed by atoms with Crippen LogP contribution in [0.15, 0.2) is 65.0 Å². The molecule has 0 saturated carbocycles. The summed E-state index contributed by atoms with van der Waals surface area (Å²) in [5.74, 6) is 0.127. The summed E-state index contributed by atoms with van der Waals surface area (Å²) in [5, 5.41) is 4.01. The first-order chi connectivity index (χ1) is 16.4. The van der Waals surface area contributed by atoms with Crippen molar-refractivity contribution >= 4 is 23.4 Å². The number of nitrogens with one attached hydrogen (secondary N) is 1. The number of benzene rings is 2. The summed E-state index contributed by atoms with van der Waals surface area (Å²) >= 11 is 6.06. The Kier molecular flexibility index (Phi) is 6.98. The minimum absolute atomic E-state index is 0.00845. The van der Waals surface area contributed by atoms with E-state index in [9.17, 15) is 9.59 Å². The van der Waals surface area contributed by atoms with E-state index in [1.807, 2.05) is 43.3 Å². The summed E-state index contributed by atoms with van der Waals surface area (Å²) < 4.78 is 16.4. The summed E-state index contributed by atoms with van der Waals surface area (Å²) in [6.07, 6.45) is 0.984. The maximum absolute atomic E-state index is 13.7. The van der Waals surface area contributed by atoms with Crippen LogP contribution in [0.3, 0.4) is 0 Å². The second kappa shape index (κ2) is 9.94. The van der Waals surface area contributed by atoms with Crippen molar-refractivity contribution in [1.82, 2.24) is 5.32 Å². The first kappa shape index (κ1) is 23.9. The second-order valence-corrected chi connectivity index (χ2v) is 8.83. The van der Waals surface area contributed by atoms with Crippen LogP contribution in [0.5, 0.6) is 11.5 Å². The third-order valence-corrected chi connectivity index (χ3v) is 6.67. The number of hydrogen-bond donors (Lipinski definition) is 1. The Bertz CT molecular complexity index is 1180. The van der Waals surface area contributed by atoms with Crippen molar-refractivity contribution in [2.45, 2.75) is 38.5 Å². The molecule has 1 aliphatic carbocycles. The molecule has 2 atom stereocenters. The Morgan fingerprint density at radius 2 is 1.82 bits per heavy atom. The van der Waals surface area contributed by atoms with Gasteiger partial charge in [0.15, 0.2) is 5.78 Å². The summed E-state index contributed by atoms with van der Waals surface area (Å²) in [4.78, 5) is 26.7. The van der Waals surface area contributed by atoms with Gasteiger partial charge in [-0.15, -0.1) is 0 Å². The molecular weight excluding hydrogens is 454 g/mol. The largest absolute Gasteiger partial charge is 0.497 e. The van der Waals surface area contributed by atoms with Gasteiger partial charge in [0, 0.05) is 40.0 Å². The summed E-state index contributed by atoms with van der Waals surface area (Å²) in [6.45, 7) is 3.84. The standard InChI is InChI=1S/C27H28ClNO5/c1-5-34-27(31)24-15(2)29-21-12-17(16-6-8-18(28)9-7-16)13-22(30)26(21)25(24)20-11-10-19(32-3)14-23(20)33-4/h6-11,14,17,25,29H,5,12-13H2,1-4H3/t17-,25-/m0/s1. The number of carbonyl (C=O) groups is 2. The molecule has 0 spiro atoms. The number of ether oxygens (including phenoxy) is 3. The predicted octanol–water partition coefficient (Wildman–Crippen LogP) is 5.28. The Morgan fingerprint density at radius 3 is 2.47 bits per heavy atom. The van der Waals surface area contributed by atoms with E-state index in [2.05, 4.69) is 5.32 Å². The first-order valence-corrected chi connectivity index (χ1v) is 11.6. The molecule has 0 fully saturated rings. The van der Waals surface area contributed by atoms with Gasteiger partial charge in [0.05, 0.1) is 32.3 Å². The molecule has 2 aliphatic rings. The fourth-order valence-electron chi connectivity index (χ4n) is 4.86. The molecule has 0 bridgehead atoms. The lowest BCUT2D eigenvalue weighted by Gasteiger charge is -2.37. The van der Waals surface area contributed by atoms with Crippen molar-refractivity contribution in [2.24, 2.45) is 0 Å². The van der Waals surface area contributed by atoms with Crippen molar-refractivity contribution in [2.75, 3.05) is 20.8 Å². The molecule has 178 valence electrons. The molecule has 0 aromatic heterocycles. The Labute approximate surface area is 204 Å². The highest BCUT2D eigenvalue weighted by Crippen LogP contribution is 2.48. The molecule has 2 aromatic carbocycles. The van der Waals surface area contributed by atoms with E-state index in [1.54, 1.807) is 27.2 Å². The maximum Gasteiger partial charge on any atom is 0.336 e. The van der Waals surface area contributed by atoms with E-state index in [0.29, 0.717) is 46.2 Å². The van der Waals surface area contributed by atoms with E-state index >= 15 is 0 Å². The van der Waals surface area contributed by atoms with Crippen LogP contribution in [0.4, 0.5) is 0 Å². The van der Waals surface area contributed by atoms with Gasteiger partial charge in [-0.25, -0.2) is 4.79 Å². The summed E-state index contributed by atoms with van der Waals surface area (Å²) in [7, 11) is 3.14. The molecular formula is C27H28ClNO5. The highest BCUT2D eigenvalue weighted by Gasteiger charge is 2.42. The highest BCUT2D eigenvalue weighted by molar-refractivity contribution is 6.30. The van der Waals surface area contributed by atoms with Crippen molar-refractivity contribution in [3.63, 3.8) is 0 Å². The fraction of sp³-hybridized carbons (Fsp3) is 0.333. The zero-order valence-electron chi connectivity index (χ0n) is 19.7. The van der Waals surface area contributed by atoms with Gasteiger partial charge in [-0.05, 0) is 49.9 Å². The number of hydrogen-bond acceptors (Lipinski definition) is 6. The van der Waals surface area contributed by atoms with Gasteiger partial charge in [-0.1, -0.05) is 29.8 Å². The molecule has 1 aliphatic heterocycles.